The number of hydrogen-bond donors (Lipinski definition) is 2. The number of nitro benzene ring substituents is 1. The molecule has 0 bridgehead atoms. The van der Waals surface area contributed by atoms with Crippen LogP contribution in [0.15, 0.2) is 48.5 Å². The molecule has 1 fully saturated rings. The number of benzene rings is 2. The highest BCUT2D eigenvalue weighted by molar-refractivity contribution is 5.94. The van der Waals surface area contributed by atoms with Crippen LogP contribution in [0.25, 0.3) is 0 Å². The van der Waals surface area contributed by atoms with Crippen LogP contribution in [0.2, 0.25) is 0 Å². The van der Waals surface area contributed by atoms with E-state index in [-0.39, 0.29) is 17.6 Å². The van der Waals surface area contributed by atoms with Crippen molar-refractivity contribution in [2.75, 3.05) is 51.8 Å². The van der Waals surface area contributed by atoms with Gasteiger partial charge in [0.05, 0.1) is 24.7 Å². The molecule has 0 spiro atoms. The van der Waals surface area contributed by atoms with Crippen LogP contribution in [0.1, 0.15) is 22.0 Å². The van der Waals surface area contributed by atoms with Crippen LogP contribution in [0.3, 0.4) is 0 Å². The molecule has 1 amide bonds. The van der Waals surface area contributed by atoms with Crippen LogP contribution >= 0.6 is 0 Å². The standard InChI is InChI=1S/C21H26N4O4/c1-23(2)18-7-3-16(4-8-18)20(24-11-13-29-14-12-24)15-22-21(26)17-5-9-19(10-6-17)25(27)28/h3-10,20H,11-15H2,1-2H3,(H,22,26)/p+1/t20-/m0/s1. The number of rotatable bonds is 7. The Labute approximate surface area is 170 Å². The van der Waals surface area contributed by atoms with Crippen molar-refractivity contribution >= 4 is 17.3 Å². The zero-order valence-corrected chi connectivity index (χ0v) is 16.8. The summed E-state index contributed by atoms with van der Waals surface area (Å²) in [6.07, 6.45) is 0. The summed E-state index contributed by atoms with van der Waals surface area (Å²) >= 11 is 0. The minimum atomic E-state index is -0.475. The third-order valence-electron chi connectivity index (χ3n) is 5.25. The van der Waals surface area contributed by atoms with Crippen molar-refractivity contribution in [1.29, 1.82) is 0 Å². The van der Waals surface area contributed by atoms with Crippen molar-refractivity contribution in [3.8, 4) is 0 Å². The number of ether oxygens (including phenoxy) is 1. The fourth-order valence-electron chi connectivity index (χ4n) is 3.52. The summed E-state index contributed by atoms with van der Waals surface area (Å²) < 4.78 is 5.49. The molecule has 1 aliphatic rings. The number of carbonyl (C=O) groups excluding carboxylic acids is 1. The van der Waals surface area contributed by atoms with Crippen molar-refractivity contribution in [2.45, 2.75) is 6.04 Å². The number of morpholine rings is 1. The number of carbonyl (C=O) groups is 1. The second kappa shape index (κ2) is 9.49. The van der Waals surface area contributed by atoms with Gasteiger partial charge in [-0.3, -0.25) is 14.9 Å². The normalized spacial score (nSPS) is 15.5. The molecule has 0 unspecified atom stereocenters. The Hall–Kier alpha value is -2.97. The lowest BCUT2D eigenvalue weighted by Crippen LogP contribution is -3.15. The fourth-order valence-corrected chi connectivity index (χ4v) is 3.52. The van der Waals surface area contributed by atoms with Gasteiger partial charge >= 0.3 is 0 Å². The third-order valence-corrected chi connectivity index (χ3v) is 5.25. The Morgan fingerprint density at radius 1 is 1.14 bits per heavy atom. The van der Waals surface area contributed by atoms with Crippen LogP contribution < -0.4 is 15.1 Å². The second-order valence-electron chi connectivity index (χ2n) is 7.32. The van der Waals surface area contributed by atoms with E-state index >= 15 is 0 Å². The molecule has 0 saturated carbocycles. The van der Waals surface area contributed by atoms with Gasteiger partial charge in [-0.2, -0.15) is 0 Å². The molecule has 2 N–H and O–H groups in total. The minimum absolute atomic E-state index is 0.0295. The molecule has 0 aliphatic carbocycles. The number of hydrogen-bond acceptors (Lipinski definition) is 5. The van der Waals surface area contributed by atoms with Gasteiger partial charge in [-0.15, -0.1) is 0 Å². The van der Waals surface area contributed by atoms with E-state index in [1.165, 1.54) is 29.2 Å². The lowest BCUT2D eigenvalue weighted by atomic mass is 10.0. The smallest absolute Gasteiger partial charge is 0.269 e. The Balaban J connectivity index is 1.72. The van der Waals surface area contributed by atoms with Crippen molar-refractivity contribution < 1.29 is 19.4 Å². The van der Waals surface area contributed by atoms with E-state index in [0.29, 0.717) is 25.3 Å². The fraction of sp³-hybridized carbons (Fsp3) is 0.381. The topological polar surface area (TPSA) is 89.2 Å². The lowest BCUT2D eigenvalue weighted by molar-refractivity contribution is -0.937. The monoisotopic (exact) mass is 399 g/mol. The molecule has 2 aromatic carbocycles. The molecular formula is C21H27N4O4+. The van der Waals surface area contributed by atoms with Crippen LogP contribution in [-0.4, -0.2) is 57.8 Å². The molecule has 1 atom stereocenters. The number of nitrogens with zero attached hydrogens (tertiary/aromatic N) is 2. The molecule has 1 saturated heterocycles. The van der Waals surface area contributed by atoms with Gasteiger partial charge in [-0.05, 0) is 24.3 Å². The summed E-state index contributed by atoms with van der Waals surface area (Å²) in [6.45, 7) is 3.66. The Bertz CT molecular complexity index is 831. The van der Waals surface area contributed by atoms with Gasteiger partial charge in [-0.25, -0.2) is 0 Å². The minimum Gasteiger partial charge on any atom is -0.378 e. The molecule has 0 radical (unpaired) electrons. The average Bonchev–Trinajstić information content (AvgIpc) is 2.75. The first-order valence-electron chi connectivity index (χ1n) is 9.68. The molecule has 29 heavy (non-hydrogen) atoms. The first-order chi connectivity index (χ1) is 14.0. The van der Waals surface area contributed by atoms with E-state index in [1.54, 1.807) is 0 Å². The molecule has 3 rings (SSSR count). The quantitative estimate of drug-likeness (QED) is 0.537. The van der Waals surface area contributed by atoms with Gasteiger partial charge in [0.2, 0.25) is 0 Å². The highest BCUT2D eigenvalue weighted by atomic mass is 16.6. The first kappa shape index (κ1) is 20.8. The number of quaternary nitrogens is 1. The zero-order chi connectivity index (χ0) is 20.8. The maximum Gasteiger partial charge on any atom is 0.269 e. The van der Waals surface area contributed by atoms with Crippen molar-refractivity contribution in [3.05, 3.63) is 69.8 Å². The summed E-state index contributed by atoms with van der Waals surface area (Å²) in [5, 5.41) is 13.8. The number of nitrogens with one attached hydrogen (secondary N) is 2. The van der Waals surface area contributed by atoms with Crippen molar-refractivity contribution in [3.63, 3.8) is 0 Å². The summed E-state index contributed by atoms with van der Waals surface area (Å²) in [4.78, 5) is 26.3. The highest BCUT2D eigenvalue weighted by Crippen LogP contribution is 2.17. The molecule has 8 nitrogen and oxygen atoms in total. The van der Waals surface area contributed by atoms with Gasteiger partial charge in [-0.1, -0.05) is 12.1 Å². The Morgan fingerprint density at radius 2 is 1.76 bits per heavy atom. The lowest BCUT2D eigenvalue weighted by Gasteiger charge is -2.32. The Morgan fingerprint density at radius 3 is 2.31 bits per heavy atom. The van der Waals surface area contributed by atoms with E-state index < -0.39 is 4.92 Å². The van der Waals surface area contributed by atoms with Gasteiger partial charge < -0.3 is 19.9 Å². The summed E-state index contributed by atoms with van der Waals surface area (Å²) in [6, 6.07) is 14.2. The zero-order valence-electron chi connectivity index (χ0n) is 16.8. The molecule has 1 aliphatic heterocycles. The third kappa shape index (κ3) is 5.30. The largest absolute Gasteiger partial charge is 0.378 e. The highest BCUT2D eigenvalue weighted by Gasteiger charge is 2.27. The van der Waals surface area contributed by atoms with E-state index in [1.807, 2.05) is 14.1 Å². The van der Waals surface area contributed by atoms with E-state index in [4.69, 9.17) is 4.74 Å². The average molecular weight is 399 g/mol. The number of non-ortho nitro benzene ring substituents is 1. The number of amides is 1. The van der Waals surface area contributed by atoms with Gasteiger partial charge in [0.25, 0.3) is 11.6 Å². The molecular weight excluding hydrogens is 372 g/mol. The predicted molar refractivity (Wildman–Crippen MR) is 110 cm³/mol. The van der Waals surface area contributed by atoms with E-state index in [9.17, 15) is 14.9 Å². The van der Waals surface area contributed by atoms with Gasteiger partial charge in [0.1, 0.15) is 19.1 Å². The summed E-state index contributed by atoms with van der Waals surface area (Å²) in [5.74, 6) is -0.234. The van der Waals surface area contributed by atoms with Crippen LogP contribution in [0.5, 0.6) is 0 Å². The van der Waals surface area contributed by atoms with Crippen LogP contribution in [-0.2, 0) is 4.74 Å². The van der Waals surface area contributed by atoms with Gasteiger partial charge in [0, 0.05) is 43.0 Å². The molecule has 1 heterocycles. The van der Waals surface area contributed by atoms with Crippen molar-refractivity contribution in [1.82, 2.24) is 5.32 Å². The number of nitro groups is 1. The SMILES string of the molecule is CN(C)c1ccc([C@H](CNC(=O)c2ccc([N+](=O)[O-])cc2)[NH+]2CCOCC2)cc1. The van der Waals surface area contributed by atoms with Crippen LogP contribution in [0.4, 0.5) is 11.4 Å². The number of anilines is 1. The van der Waals surface area contributed by atoms with E-state index in [0.717, 1.165) is 24.3 Å². The van der Waals surface area contributed by atoms with Gasteiger partial charge in [0.15, 0.2) is 0 Å². The van der Waals surface area contributed by atoms with Crippen LogP contribution in [0, 0.1) is 10.1 Å². The summed E-state index contributed by atoms with van der Waals surface area (Å²) in [5.41, 5.74) is 2.67. The molecule has 2 aromatic rings. The Kier molecular flexibility index (Phi) is 6.79. The maximum atomic E-state index is 12.6. The molecule has 8 heteroatoms. The molecule has 0 aromatic heterocycles. The van der Waals surface area contributed by atoms with Crippen molar-refractivity contribution in [2.24, 2.45) is 0 Å². The second-order valence-corrected chi connectivity index (χ2v) is 7.32. The molecule has 154 valence electrons. The maximum absolute atomic E-state index is 12.6. The summed E-state index contributed by atoms with van der Waals surface area (Å²) in [7, 11) is 4.01. The first-order valence-corrected chi connectivity index (χ1v) is 9.68. The predicted octanol–water partition coefficient (Wildman–Crippen LogP) is 1.05. The van der Waals surface area contributed by atoms with E-state index in [2.05, 4.69) is 34.5 Å².